The molecule has 4 rings (SSSR count). The first kappa shape index (κ1) is 20.3. The summed E-state index contributed by atoms with van der Waals surface area (Å²) in [5.41, 5.74) is 4.09. The van der Waals surface area contributed by atoms with Crippen LogP contribution in [0.5, 0.6) is 0 Å². The molecule has 0 spiro atoms. The molecule has 0 saturated carbocycles. The SMILES string of the molecule is CCc1cccc2c(CCNC(=NC)N3CCC(CN4CCCCC4)C3)c[nH]c12. The number of hydrogen-bond donors (Lipinski definition) is 2. The normalized spacial score (nSPS) is 21.2. The van der Waals surface area contributed by atoms with E-state index in [-0.39, 0.29) is 0 Å². The maximum atomic E-state index is 4.57. The fourth-order valence-electron chi connectivity index (χ4n) is 5.10. The van der Waals surface area contributed by atoms with Gasteiger partial charge in [0.1, 0.15) is 0 Å². The minimum atomic E-state index is 0.785. The van der Waals surface area contributed by atoms with Crippen molar-refractivity contribution in [3.63, 3.8) is 0 Å². The molecule has 1 atom stereocenters. The molecule has 2 aromatic rings. The standard InChI is InChI=1S/C24H37N5/c1-3-20-8-7-9-22-21(16-27-23(20)22)10-12-26-24(25-2)29-15-11-19(18-29)17-28-13-5-4-6-14-28/h7-9,16,19,27H,3-6,10-15,17-18H2,1-2H3,(H,25,26). The molecule has 1 unspecified atom stereocenters. The van der Waals surface area contributed by atoms with Crippen LogP contribution in [0.1, 0.15) is 43.7 Å². The van der Waals surface area contributed by atoms with Crippen LogP contribution in [-0.2, 0) is 12.8 Å². The molecule has 158 valence electrons. The van der Waals surface area contributed by atoms with Gasteiger partial charge in [0.05, 0.1) is 0 Å². The molecule has 5 nitrogen and oxygen atoms in total. The summed E-state index contributed by atoms with van der Waals surface area (Å²) < 4.78 is 0. The minimum Gasteiger partial charge on any atom is -0.361 e. The number of hydrogen-bond acceptors (Lipinski definition) is 2. The number of guanidine groups is 1. The second-order valence-corrected chi connectivity index (χ2v) is 8.69. The van der Waals surface area contributed by atoms with E-state index in [9.17, 15) is 0 Å². The number of aromatic nitrogens is 1. The molecule has 2 saturated heterocycles. The number of fused-ring (bicyclic) bond motifs is 1. The summed E-state index contributed by atoms with van der Waals surface area (Å²) in [6.45, 7) is 9.28. The number of nitrogens with one attached hydrogen (secondary N) is 2. The molecule has 2 aliphatic rings. The van der Waals surface area contributed by atoms with Crippen molar-refractivity contribution in [1.82, 2.24) is 20.1 Å². The Morgan fingerprint density at radius 2 is 2.03 bits per heavy atom. The Morgan fingerprint density at radius 3 is 2.83 bits per heavy atom. The van der Waals surface area contributed by atoms with E-state index in [2.05, 4.69) is 56.4 Å². The Hall–Kier alpha value is -2.01. The zero-order chi connectivity index (χ0) is 20.1. The van der Waals surface area contributed by atoms with Gasteiger partial charge in [-0.3, -0.25) is 4.99 Å². The fraction of sp³-hybridized carbons (Fsp3) is 0.625. The van der Waals surface area contributed by atoms with Crippen LogP contribution in [0.2, 0.25) is 0 Å². The Labute approximate surface area is 175 Å². The summed E-state index contributed by atoms with van der Waals surface area (Å²) in [6, 6.07) is 6.63. The van der Waals surface area contributed by atoms with Crippen LogP contribution in [0, 0.1) is 5.92 Å². The van der Waals surface area contributed by atoms with Gasteiger partial charge in [0.25, 0.3) is 0 Å². The number of piperidine rings is 1. The van der Waals surface area contributed by atoms with Gasteiger partial charge in [-0.25, -0.2) is 0 Å². The third-order valence-electron chi connectivity index (χ3n) is 6.71. The third kappa shape index (κ3) is 4.77. The van der Waals surface area contributed by atoms with Crippen molar-refractivity contribution in [2.24, 2.45) is 10.9 Å². The van der Waals surface area contributed by atoms with E-state index in [4.69, 9.17) is 0 Å². The van der Waals surface area contributed by atoms with E-state index in [1.807, 2.05) is 7.05 Å². The van der Waals surface area contributed by atoms with E-state index in [0.29, 0.717) is 0 Å². The molecule has 0 aliphatic carbocycles. The molecular weight excluding hydrogens is 358 g/mol. The van der Waals surface area contributed by atoms with Crippen LogP contribution < -0.4 is 5.32 Å². The number of H-pyrrole nitrogens is 1. The van der Waals surface area contributed by atoms with Crippen LogP contribution in [0.4, 0.5) is 0 Å². The topological polar surface area (TPSA) is 46.7 Å². The largest absolute Gasteiger partial charge is 0.361 e. The second kappa shape index (κ2) is 9.66. The van der Waals surface area contributed by atoms with Gasteiger partial charge in [0.2, 0.25) is 0 Å². The van der Waals surface area contributed by atoms with Crippen LogP contribution in [0.3, 0.4) is 0 Å². The number of aromatic amines is 1. The van der Waals surface area contributed by atoms with E-state index >= 15 is 0 Å². The van der Waals surface area contributed by atoms with Gasteiger partial charge >= 0.3 is 0 Å². The van der Waals surface area contributed by atoms with Crippen LogP contribution in [0.15, 0.2) is 29.4 Å². The van der Waals surface area contributed by atoms with Crippen molar-refractivity contribution in [2.45, 2.75) is 45.4 Å². The van der Waals surface area contributed by atoms with Crippen molar-refractivity contribution >= 4 is 16.9 Å². The van der Waals surface area contributed by atoms with Gasteiger partial charge in [-0.1, -0.05) is 31.5 Å². The highest BCUT2D eigenvalue weighted by molar-refractivity contribution is 5.86. The summed E-state index contributed by atoms with van der Waals surface area (Å²) >= 11 is 0. The van der Waals surface area contributed by atoms with E-state index in [1.165, 1.54) is 67.3 Å². The number of para-hydroxylation sites is 1. The predicted molar refractivity (Wildman–Crippen MR) is 123 cm³/mol. The van der Waals surface area contributed by atoms with Crippen molar-refractivity contribution in [2.75, 3.05) is 46.3 Å². The summed E-state index contributed by atoms with van der Waals surface area (Å²) in [6.07, 6.45) is 9.73. The lowest BCUT2D eigenvalue weighted by Gasteiger charge is -2.29. The number of rotatable bonds is 6. The van der Waals surface area contributed by atoms with E-state index in [1.54, 1.807) is 0 Å². The maximum absolute atomic E-state index is 4.57. The zero-order valence-corrected chi connectivity index (χ0v) is 18.2. The Balaban J connectivity index is 1.28. The van der Waals surface area contributed by atoms with Gasteiger partial charge in [0.15, 0.2) is 5.96 Å². The number of likely N-dealkylation sites (tertiary alicyclic amines) is 2. The van der Waals surface area contributed by atoms with Gasteiger partial charge < -0.3 is 20.1 Å². The van der Waals surface area contributed by atoms with Gasteiger partial charge in [-0.2, -0.15) is 0 Å². The number of nitrogens with zero attached hydrogens (tertiary/aromatic N) is 3. The van der Waals surface area contributed by atoms with Crippen molar-refractivity contribution < 1.29 is 0 Å². The molecule has 29 heavy (non-hydrogen) atoms. The molecular formula is C24H37N5. The smallest absolute Gasteiger partial charge is 0.193 e. The summed E-state index contributed by atoms with van der Waals surface area (Å²) in [7, 11) is 1.92. The van der Waals surface area contributed by atoms with Crippen LogP contribution in [-0.4, -0.2) is 67.1 Å². The second-order valence-electron chi connectivity index (χ2n) is 8.69. The lowest BCUT2D eigenvalue weighted by atomic mass is 10.1. The summed E-state index contributed by atoms with van der Waals surface area (Å²) in [4.78, 5) is 13.2. The molecule has 3 heterocycles. The fourth-order valence-corrected chi connectivity index (χ4v) is 5.10. The van der Waals surface area contributed by atoms with E-state index in [0.717, 1.165) is 44.4 Å². The molecule has 2 N–H and O–H groups in total. The molecule has 2 aliphatic heterocycles. The minimum absolute atomic E-state index is 0.785. The lowest BCUT2D eigenvalue weighted by Crippen LogP contribution is -2.41. The molecule has 0 radical (unpaired) electrons. The first-order chi connectivity index (χ1) is 14.3. The molecule has 1 aromatic heterocycles. The average Bonchev–Trinajstić information content (AvgIpc) is 3.39. The molecule has 1 aromatic carbocycles. The molecule has 0 bridgehead atoms. The maximum Gasteiger partial charge on any atom is 0.193 e. The predicted octanol–water partition coefficient (Wildman–Crippen LogP) is 3.66. The average molecular weight is 396 g/mol. The van der Waals surface area contributed by atoms with Crippen LogP contribution >= 0.6 is 0 Å². The first-order valence-electron chi connectivity index (χ1n) is 11.5. The summed E-state index contributed by atoms with van der Waals surface area (Å²) in [5, 5.41) is 4.98. The van der Waals surface area contributed by atoms with Gasteiger partial charge in [-0.05, 0) is 62.2 Å². The van der Waals surface area contributed by atoms with Crippen molar-refractivity contribution in [1.29, 1.82) is 0 Å². The Bertz CT molecular complexity index is 818. The summed E-state index contributed by atoms with van der Waals surface area (Å²) in [5.74, 6) is 1.85. The highest BCUT2D eigenvalue weighted by Gasteiger charge is 2.26. The number of benzene rings is 1. The Morgan fingerprint density at radius 1 is 1.17 bits per heavy atom. The van der Waals surface area contributed by atoms with Gasteiger partial charge in [-0.15, -0.1) is 0 Å². The highest BCUT2D eigenvalue weighted by atomic mass is 15.3. The Kier molecular flexibility index (Phi) is 6.75. The monoisotopic (exact) mass is 395 g/mol. The van der Waals surface area contributed by atoms with Crippen molar-refractivity contribution in [3.8, 4) is 0 Å². The zero-order valence-electron chi connectivity index (χ0n) is 18.2. The number of aryl methyl sites for hydroxylation is 1. The first-order valence-corrected chi connectivity index (χ1v) is 11.5. The number of aliphatic imine (C=N–C) groups is 1. The quantitative estimate of drug-likeness (QED) is 0.580. The van der Waals surface area contributed by atoms with Gasteiger partial charge in [0, 0.05) is 50.3 Å². The van der Waals surface area contributed by atoms with Crippen molar-refractivity contribution in [3.05, 3.63) is 35.5 Å². The molecule has 2 fully saturated rings. The molecule has 0 amide bonds. The van der Waals surface area contributed by atoms with Crippen LogP contribution in [0.25, 0.3) is 10.9 Å². The lowest BCUT2D eigenvalue weighted by molar-refractivity contribution is 0.198. The third-order valence-corrected chi connectivity index (χ3v) is 6.71. The van der Waals surface area contributed by atoms with E-state index < -0.39 is 0 Å². The molecule has 5 heteroatoms. The highest BCUT2D eigenvalue weighted by Crippen LogP contribution is 2.23.